The van der Waals surface area contributed by atoms with Crippen LogP contribution in [0, 0.1) is 11.3 Å². The summed E-state index contributed by atoms with van der Waals surface area (Å²) in [6.07, 6.45) is 3.66. The molecule has 0 spiro atoms. The molecule has 2 atom stereocenters. The van der Waals surface area contributed by atoms with Gasteiger partial charge in [0.25, 0.3) is 5.91 Å². The van der Waals surface area contributed by atoms with Gasteiger partial charge in [-0.05, 0) is 26.3 Å². The van der Waals surface area contributed by atoms with Gasteiger partial charge in [-0.25, -0.2) is 0 Å². The van der Waals surface area contributed by atoms with E-state index >= 15 is 0 Å². The first-order valence-electron chi connectivity index (χ1n) is 8.21. The van der Waals surface area contributed by atoms with Crippen LogP contribution >= 0.6 is 0 Å². The van der Waals surface area contributed by atoms with Crippen LogP contribution in [0.3, 0.4) is 0 Å². The maximum absolute atomic E-state index is 12.8. The molecule has 0 saturated carbocycles. The Bertz CT molecular complexity index is 648. The van der Waals surface area contributed by atoms with Crippen molar-refractivity contribution in [1.29, 1.82) is 0 Å². The van der Waals surface area contributed by atoms with Crippen molar-refractivity contribution in [3.8, 4) is 5.75 Å². The number of nitrogens with two attached hydrogens (primary N) is 1. The smallest absolute Gasteiger partial charge is 0.255 e. The van der Waals surface area contributed by atoms with E-state index in [-0.39, 0.29) is 23.8 Å². The van der Waals surface area contributed by atoms with E-state index in [0.717, 1.165) is 0 Å². The molecule has 7 nitrogen and oxygen atoms in total. The molecule has 1 aromatic rings. The van der Waals surface area contributed by atoms with E-state index in [1.807, 2.05) is 13.8 Å². The maximum atomic E-state index is 12.8. The second kappa shape index (κ2) is 6.39. The number of pyridine rings is 1. The number of nitrogens with zero attached hydrogens (tertiary/aromatic N) is 2. The van der Waals surface area contributed by atoms with Crippen molar-refractivity contribution in [1.82, 2.24) is 9.88 Å². The van der Waals surface area contributed by atoms with Crippen molar-refractivity contribution in [2.24, 2.45) is 17.1 Å². The summed E-state index contributed by atoms with van der Waals surface area (Å²) in [7, 11) is 0. The van der Waals surface area contributed by atoms with Gasteiger partial charge in [0.1, 0.15) is 5.75 Å². The van der Waals surface area contributed by atoms with Crippen LogP contribution in [0.1, 0.15) is 30.6 Å². The minimum absolute atomic E-state index is 0.00193. The molecule has 2 amide bonds. The van der Waals surface area contributed by atoms with Crippen LogP contribution in [0.4, 0.5) is 0 Å². The van der Waals surface area contributed by atoms with Crippen LogP contribution < -0.4 is 10.5 Å². The Morgan fingerprint density at radius 3 is 2.92 bits per heavy atom. The monoisotopic (exact) mass is 333 g/mol. The Kier molecular flexibility index (Phi) is 4.45. The summed E-state index contributed by atoms with van der Waals surface area (Å²) >= 11 is 0. The highest BCUT2D eigenvalue weighted by Crippen LogP contribution is 2.42. The van der Waals surface area contributed by atoms with Crippen LogP contribution in [0.15, 0.2) is 18.5 Å². The lowest BCUT2D eigenvalue weighted by Gasteiger charge is -2.34. The van der Waals surface area contributed by atoms with Crippen LogP contribution in [0.5, 0.6) is 5.75 Å². The minimum atomic E-state index is -0.673. The van der Waals surface area contributed by atoms with Crippen LogP contribution in [-0.4, -0.2) is 54.1 Å². The molecule has 1 aromatic heterocycles. The molecule has 3 heterocycles. The quantitative estimate of drug-likeness (QED) is 0.881. The fraction of sp³-hybridized carbons (Fsp3) is 0.588. The molecule has 0 radical (unpaired) electrons. The highest BCUT2D eigenvalue weighted by Gasteiger charge is 2.53. The summed E-state index contributed by atoms with van der Waals surface area (Å²) in [4.78, 5) is 30.6. The number of rotatable bonds is 4. The molecule has 2 N–H and O–H groups in total. The lowest BCUT2D eigenvalue weighted by atomic mass is 9.74. The van der Waals surface area contributed by atoms with E-state index < -0.39 is 5.41 Å². The highest BCUT2D eigenvalue weighted by atomic mass is 16.5. The molecular weight excluding hydrogens is 310 g/mol. The van der Waals surface area contributed by atoms with Gasteiger partial charge in [-0.3, -0.25) is 14.6 Å². The molecule has 2 aliphatic heterocycles. The van der Waals surface area contributed by atoms with Crippen molar-refractivity contribution in [2.45, 2.75) is 26.4 Å². The molecule has 130 valence electrons. The first kappa shape index (κ1) is 16.7. The van der Waals surface area contributed by atoms with Gasteiger partial charge >= 0.3 is 0 Å². The summed E-state index contributed by atoms with van der Waals surface area (Å²) in [5, 5.41) is 0. The standard InChI is InChI=1S/C17H23N3O4/c1-11(2)24-14-5-12(6-19-7-14)15(21)20-8-13-9-23-4-3-17(13,10-20)16(18)22/h5-7,11,13H,3-4,8-10H2,1-2H3,(H2,18,22)/t13-,17+/m1/s1. The van der Waals surface area contributed by atoms with Crippen molar-refractivity contribution in [3.05, 3.63) is 24.0 Å². The Labute approximate surface area is 141 Å². The van der Waals surface area contributed by atoms with Gasteiger partial charge < -0.3 is 20.1 Å². The number of amides is 2. The zero-order valence-electron chi connectivity index (χ0n) is 14.0. The van der Waals surface area contributed by atoms with Gasteiger partial charge in [-0.15, -0.1) is 0 Å². The Hall–Kier alpha value is -2.15. The first-order valence-corrected chi connectivity index (χ1v) is 8.21. The third-order valence-corrected chi connectivity index (χ3v) is 4.82. The van der Waals surface area contributed by atoms with Crippen LogP contribution in [-0.2, 0) is 9.53 Å². The number of aromatic nitrogens is 1. The first-order chi connectivity index (χ1) is 11.4. The number of carbonyl (C=O) groups excluding carboxylic acids is 2. The number of fused-ring (bicyclic) bond motifs is 1. The van der Waals surface area contributed by atoms with Crippen molar-refractivity contribution in [3.63, 3.8) is 0 Å². The molecule has 0 aliphatic carbocycles. The fourth-order valence-corrected chi connectivity index (χ4v) is 3.56. The van der Waals surface area contributed by atoms with Gasteiger partial charge in [0.05, 0.1) is 29.9 Å². The Morgan fingerprint density at radius 1 is 1.46 bits per heavy atom. The van der Waals surface area contributed by atoms with Gasteiger partial charge in [0.2, 0.25) is 5.91 Å². The second-order valence-corrected chi connectivity index (χ2v) is 6.80. The predicted octanol–water partition coefficient (Wildman–Crippen LogP) is 0.833. The van der Waals surface area contributed by atoms with Crippen LogP contribution in [0.25, 0.3) is 0 Å². The zero-order chi connectivity index (χ0) is 17.3. The van der Waals surface area contributed by atoms with Crippen molar-refractivity contribution >= 4 is 11.8 Å². The molecule has 0 unspecified atom stereocenters. The molecule has 2 saturated heterocycles. The molecule has 3 rings (SSSR count). The number of likely N-dealkylation sites (tertiary alicyclic amines) is 1. The zero-order valence-corrected chi connectivity index (χ0v) is 14.0. The van der Waals surface area contributed by atoms with E-state index in [4.69, 9.17) is 15.2 Å². The summed E-state index contributed by atoms with van der Waals surface area (Å²) in [5.41, 5.74) is 5.44. The van der Waals surface area contributed by atoms with Gasteiger partial charge in [0, 0.05) is 31.8 Å². The molecule has 2 aliphatic rings. The number of carbonyl (C=O) groups is 2. The van der Waals surface area contributed by atoms with Crippen molar-refractivity contribution in [2.75, 3.05) is 26.3 Å². The SMILES string of the molecule is CC(C)Oc1cncc(C(=O)N2C[C@@H]3COCC[C@]3(C(N)=O)C2)c1. The average molecular weight is 333 g/mol. The molecular formula is C17H23N3O4. The van der Waals surface area contributed by atoms with E-state index in [1.54, 1.807) is 17.2 Å². The number of hydrogen-bond donors (Lipinski definition) is 1. The highest BCUT2D eigenvalue weighted by molar-refractivity contribution is 5.95. The molecule has 24 heavy (non-hydrogen) atoms. The largest absolute Gasteiger partial charge is 0.489 e. The third kappa shape index (κ3) is 2.96. The Morgan fingerprint density at radius 2 is 2.25 bits per heavy atom. The summed E-state index contributed by atoms with van der Waals surface area (Å²) in [5.74, 6) is 0.00372. The number of hydrogen-bond acceptors (Lipinski definition) is 5. The lowest BCUT2D eigenvalue weighted by Crippen LogP contribution is -2.48. The normalized spacial score (nSPS) is 26.3. The number of ether oxygens (including phenoxy) is 2. The predicted molar refractivity (Wildman–Crippen MR) is 86.5 cm³/mol. The molecule has 2 fully saturated rings. The van der Waals surface area contributed by atoms with Crippen molar-refractivity contribution < 1.29 is 19.1 Å². The summed E-state index contributed by atoms with van der Waals surface area (Å²) in [6.45, 7) is 5.59. The van der Waals surface area contributed by atoms with E-state index in [0.29, 0.717) is 44.0 Å². The van der Waals surface area contributed by atoms with Gasteiger partial charge in [-0.2, -0.15) is 0 Å². The van der Waals surface area contributed by atoms with E-state index in [2.05, 4.69) is 4.98 Å². The molecule has 0 aromatic carbocycles. The second-order valence-electron chi connectivity index (χ2n) is 6.80. The maximum Gasteiger partial charge on any atom is 0.255 e. The summed E-state index contributed by atoms with van der Waals surface area (Å²) < 4.78 is 11.1. The minimum Gasteiger partial charge on any atom is -0.489 e. The van der Waals surface area contributed by atoms with E-state index in [9.17, 15) is 9.59 Å². The fourth-order valence-electron chi connectivity index (χ4n) is 3.56. The number of primary amides is 1. The van der Waals surface area contributed by atoms with Gasteiger partial charge in [0.15, 0.2) is 0 Å². The van der Waals surface area contributed by atoms with E-state index in [1.165, 1.54) is 6.20 Å². The molecule has 0 bridgehead atoms. The Balaban J connectivity index is 1.80. The topological polar surface area (TPSA) is 94.8 Å². The van der Waals surface area contributed by atoms with Crippen LogP contribution in [0.2, 0.25) is 0 Å². The summed E-state index contributed by atoms with van der Waals surface area (Å²) in [6, 6.07) is 1.69. The lowest BCUT2D eigenvalue weighted by molar-refractivity contribution is -0.135. The molecule has 7 heteroatoms. The average Bonchev–Trinajstić information content (AvgIpc) is 2.94. The van der Waals surface area contributed by atoms with Gasteiger partial charge in [-0.1, -0.05) is 0 Å². The third-order valence-electron chi connectivity index (χ3n) is 4.82.